The molecular weight excluding hydrogens is 255 g/mol. The summed E-state index contributed by atoms with van der Waals surface area (Å²) in [6, 6.07) is 15.6. The molecule has 2 aromatic rings. The highest BCUT2D eigenvalue weighted by atomic mass is 19.1. The number of anilines is 1. The first-order chi connectivity index (χ1) is 9.70. The lowest BCUT2D eigenvalue weighted by Crippen LogP contribution is -2.24. The lowest BCUT2D eigenvalue weighted by Gasteiger charge is -2.19. The summed E-state index contributed by atoms with van der Waals surface area (Å²) in [5.74, 6) is 0.458. The average Bonchev–Trinajstić information content (AvgIpc) is 2.48. The van der Waals surface area contributed by atoms with E-state index in [2.05, 4.69) is 6.07 Å². The molecule has 0 saturated heterocycles. The summed E-state index contributed by atoms with van der Waals surface area (Å²) in [5, 5.41) is 8.70. The van der Waals surface area contributed by atoms with Crippen LogP contribution in [0.1, 0.15) is 5.56 Å². The molecule has 20 heavy (non-hydrogen) atoms. The molecule has 2 aromatic carbocycles. The molecule has 0 unspecified atom stereocenters. The van der Waals surface area contributed by atoms with Gasteiger partial charge in [-0.25, -0.2) is 4.39 Å². The number of para-hydroxylation sites is 1. The summed E-state index contributed by atoms with van der Waals surface area (Å²) in [6.07, 6.45) is 0. The molecule has 0 aliphatic carbocycles. The topological polar surface area (TPSA) is 36.3 Å². The van der Waals surface area contributed by atoms with Crippen LogP contribution < -0.4 is 9.64 Å². The molecule has 0 aliphatic heterocycles. The van der Waals surface area contributed by atoms with Crippen LogP contribution >= 0.6 is 0 Å². The maximum Gasteiger partial charge on any atom is 0.146 e. The van der Waals surface area contributed by atoms with E-state index < -0.39 is 0 Å². The summed E-state index contributed by atoms with van der Waals surface area (Å²) in [7, 11) is 1.82. The van der Waals surface area contributed by atoms with Crippen LogP contribution in [-0.4, -0.2) is 20.2 Å². The molecule has 0 aromatic heterocycles. The van der Waals surface area contributed by atoms with Crippen molar-refractivity contribution in [3.63, 3.8) is 0 Å². The van der Waals surface area contributed by atoms with Crippen LogP contribution in [0.2, 0.25) is 0 Å². The summed E-state index contributed by atoms with van der Waals surface area (Å²) in [4.78, 5) is 1.80. The van der Waals surface area contributed by atoms with Crippen LogP contribution in [0.25, 0.3) is 0 Å². The van der Waals surface area contributed by atoms with Gasteiger partial charge in [0.1, 0.15) is 18.2 Å². The standard InChI is InChI=1S/C16H15FN2O/c1-19(16-5-3-2-4-15(16)17)10-11-20-14-8-6-13(12-18)7-9-14/h2-9H,10-11H2,1H3. The van der Waals surface area contributed by atoms with E-state index in [1.807, 2.05) is 7.05 Å². The number of hydrogen-bond donors (Lipinski definition) is 0. The van der Waals surface area contributed by atoms with Gasteiger partial charge >= 0.3 is 0 Å². The first-order valence-corrected chi connectivity index (χ1v) is 6.29. The van der Waals surface area contributed by atoms with Gasteiger partial charge in [-0.15, -0.1) is 0 Å². The van der Waals surface area contributed by atoms with E-state index in [-0.39, 0.29) is 5.82 Å². The normalized spacial score (nSPS) is 9.85. The number of nitrogens with zero attached hydrogens (tertiary/aromatic N) is 2. The van der Waals surface area contributed by atoms with E-state index in [4.69, 9.17) is 10.00 Å². The van der Waals surface area contributed by atoms with Gasteiger partial charge in [0.25, 0.3) is 0 Å². The molecule has 0 fully saturated rings. The third-order valence-electron chi connectivity index (χ3n) is 2.94. The first-order valence-electron chi connectivity index (χ1n) is 6.29. The lowest BCUT2D eigenvalue weighted by atomic mass is 10.2. The molecule has 0 N–H and O–H groups in total. The highest BCUT2D eigenvalue weighted by Crippen LogP contribution is 2.17. The predicted molar refractivity (Wildman–Crippen MR) is 76.3 cm³/mol. The molecular formula is C16H15FN2O. The number of ether oxygens (including phenoxy) is 1. The van der Waals surface area contributed by atoms with E-state index >= 15 is 0 Å². The van der Waals surface area contributed by atoms with Crippen molar-refractivity contribution < 1.29 is 9.13 Å². The molecule has 0 atom stereocenters. The molecule has 2 rings (SSSR count). The summed E-state index contributed by atoms with van der Waals surface area (Å²) in [5.41, 5.74) is 1.15. The Bertz CT molecular complexity index is 605. The molecule has 4 heteroatoms. The zero-order valence-electron chi connectivity index (χ0n) is 11.2. The van der Waals surface area contributed by atoms with Crippen molar-refractivity contribution in [2.24, 2.45) is 0 Å². The molecule has 0 spiro atoms. The Morgan fingerprint density at radius 3 is 2.50 bits per heavy atom. The summed E-state index contributed by atoms with van der Waals surface area (Å²) < 4.78 is 19.1. The van der Waals surface area contributed by atoms with Gasteiger partial charge in [-0.2, -0.15) is 5.26 Å². The number of nitriles is 1. The molecule has 3 nitrogen and oxygen atoms in total. The Labute approximate surface area is 117 Å². The third-order valence-corrected chi connectivity index (χ3v) is 2.94. The number of halogens is 1. The van der Waals surface area contributed by atoms with Crippen molar-refractivity contribution in [3.05, 3.63) is 59.9 Å². The Morgan fingerprint density at radius 2 is 1.85 bits per heavy atom. The SMILES string of the molecule is CN(CCOc1ccc(C#N)cc1)c1ccccc1F. The molecule has 0 amide bonds. The number of likely N-dealkylation sites (N-methyl/N-ethyl adjacent to an activating group) is 1. The second-order valence-corrected chi connectivity index (χ2v) is 4.36. The maximum atomic E-state index is 13.6. The Hall–Kier alpha value is -2.54. The molecule has 0 heterocycles. The van der Waals surface area contributed by atoms with Gasteiger partial charge in [-0.05, 0) is 36.4 Å². The van der Waals surface area contributed by atoms with Crippen LogP contribution in [-0.2, 0) is 0 Å². The fraction of sp³-hybridized carbons (Fsp3) is 0.188. The maximum absolute atomic E-state index is 13.6. The van der Waals surface area contributed by atoms with Gasteiger partial charge in [0.2, 0.25) is 0 Å². The number of hydrogen-bond acceptors (Lipinski definition) is 3. The van der Waals surface area contributed by atoms with E-state index in [9.17, 15) is 4.39 Å². The fourth-order valence-corrected chi connectivity index (χ4v) is 1.81. The quantitative estimate of drug-likeness (QED) is 0.837. The zero-order valence-corrected chi connectivity index (χ0v) is 11.2. The van der Waals surface area contributed by atoms with Crippen LogP contribution in [0.15, 0.2) is 48.5 Å². The Kier molecular flexibility index (Phi) is 4.56. The van der Waals surface area contributed by atoms with Crippen molar-refractivity contribution >= 4 is 5.69 Å². The fourth-order valence-electron chi connectivity index (χ4n) is 1.81. The van der Waals surface area contributed by atoms with Gasteiger partial charge in [0.15, 0.2) is 0 Å². The van der Waals surface area contributed by atoms with Gasteiger partial charge in [-0.3, -0.25) is 0 Å². The van der Waals surface area contributed by atoms with Crippen molar-refractivity contribution in [1.82, 2.24) is 0 Å². The van der Waals surface area contributed by atoms with E-state index in [1.165, 1.54) is 6.07 Å². The van der Waals surface area contributed by atoms with E-state index in [0.717, 1.165) is 0 Å². The number of benzene rings is 2. The highest BCUT2D eigenvalue weighted by Gasteiger charge is 2.06. The molecule has 0 aliphatic rings. The van der Waals surface area contributed by atoms with Crippen molar-refractivity contribution in [1.29, 1.82) is 5.26 Å². The first kappa shape index (κ1) is 13.9. The lowest BCUT2D eigenvalue weighted by molar-refractivity contribution is 0.325. The van der Waals surface area contributed by atoms with E-state index in [1.54, 1.807) is 47.4 Å². The van der Waals surface area contributed by atoms with Crippen molar-refractivity contribution in [2.75, 3.05) is 25.1 Å². The van der Waals surface area contributed by atoms with Gasteiger partial charge < -0.3 is 9.64 Å². The smallest absolute Gasteiger partial charge is 0.146 e. The highest BCUT2D eigenvalue weighted by molar-refractivity contribution is 5.46. The van der Waals surface area contributed by atoms with Gasteiger partial charge in [0, 0.05) is 7.05 Å². The van der Waals surface area contributed by atoms with Crippen molar-refractivity contribution in [3.8, 4) is 11.8 Å². The monoisotopic (exact) mass is 270 g/mol. The molecule has 0 radical (unpaired) electrons. The Balaban J connectivity index is 1.86. The van der Waals surface area contributed by atoms with Crippen LogP contribution in [0, 0.1) is 17.1 Å². The Morgan fingerprint density at radius 1 is 1.15 bits per heavy atom. The van der Waals surface area contributed by atoms with Crippen LogP contribution in [0.4, 0.5) is 10.1 Å². The second kappa shape index (κ2) is 6.58. The van der Waals surface area contributed by atoms with Crippen molar-refractivity contribution in [2.45, 2.75) is 0 Å². The van der Waals surface area contributed by atoms with Crippen LogP contribution in [0.3, 0.4) is 0 Å². The summed E-state index contributed by atoms with van der Waals surface area (Å²) >= 11 is 0. The van der Waals surface area contributed by atoms with Gasteiger partial charge in [-0.1, -0.05) is 12.1 Å². The van der Waals surface area contributed by atoms with Crippen LogP contribution in [0.5, 0.6) is 5.75 Å². The summed E-state index contributed by atoms with van der Waals surface area (Å²) in [6.45, 7) is 1.01. The minimum Gasteiger partial charge on any atom is -0.492 e. The second-order valence-electron chi connectivity index (χ2n) is 4.36. The van der Waals surface area contributed by atoms with Gasteiger partial charge in [0.05, 0.1) is 23.9 Å². The minimum atomic E-state index is -0.242. The van der Waals surface area contributed by atoms with E-state index in [0.29, 0.717) is 30.2 Å². The average molecular weight is 270 g/mol. The number of rotatable bonds is 5. The zero-order chi connectivity index (χ0) is 14.4. The molecule has 102 valence electrons. The molecule has 0 bridgehead atoms. The predicted octanol–water partition coefficient (Wildman–Crippen LogP) is 3.21. The minimum absolute atomic E-state index is 0.242. The third kappa shape index (κ3) is 3.48. The molecule has 0 saturated carbocycles. The largest absolute Gasteiger partial charge is 0.492 e.